The molecule has 1 aliphatic carbocycles. The van der Waals surface area contributed by atoms with Crippen molar-refractivity contribution in [3.63, 3.8) is 0 Å². The van der Waals surface area contributed by atoms with Gasteiger partial charge in [-0.1, -0.05) is 149 Å². The molecule has 0 aliphatic heterocycles. The van der Waals surface area contributed by atoms with Gasteiger partial charge in [0.05, 0.1) is 0 Å². The van der Waals surface area contributed by atoms with E-state index in [0.29, 0.717) is 0 Å². The van der Waals surface area contributed by atoms with E-state index in [1.165, 1.54) is 55.9 Å². The molecule has 0 fully saturated rings. The predicted octanol–water partition coefficient (Wildman–Crippen LogP) is 4.71. The molecule has 6 rings (SSSR count). The van der Waals surface area contributed by atoms with Crippen LogP contribution < -0.4 is 24.8 Å². The van der Waals surface area contributed by atoms with Crippen LogP contribution in [0.2, 0.25) is 0 Å². The topological polar surface area (TPSA) is 0 Å². The second-order valence-corrected chi connectivity index (χ2v) is 14.0. The summed E-state index contributed by atoms with van der Waals surface area (Å²) in [5.41, 5.74) is 6.11. The fourth-order valence-electron chi connectivity index (χ4n) is 4.84. The van der Waals surface area contributed by atoms with Crippen LogP contribution in [0.25, 0.3) is 21.5 Å². The molecule has 0 saturated heterocycles. The molecule has 5 aromatic carbocycles. The number of hydrogen-bond acceptors (Lipinski definition) is 0. The van der Waals surface area contributed by atoms with Crippen LogP contribution >= 0.6 is 0 Å². The molecule has 0 saturated carbocycles. The van der Waals surface area contributed by atoms with E-state index in [9.17, 15) is 0 Å². The summed E-state index contributed by atoms with van der Waals surface area (Å²) in [4.78, 5) is 0. The second-order valence-electron chi connectivity index (χ2n) is 12.8. The third kappa shape index (κ3) is 12.0. The number of hydrogen-bond donors (Lipinski definition) is 0. The van der Waals surface area contributed by atoms with Gasteiger partial charge < -0.3 is 24.8 Å². The van der Waals surface area contributed by atoms with E-state index >= 15 is 0 Å². The zero-order chi connectivity index (χ0) is 29.3. The fraction of sp³-hybridized carbons (Fsp3) is 0.275. The summed E-state index contributed by atoms with van der Waals surface area (Å²) >= 11 is 0. The number of fused-ring (bicyclic) bond motifs is 3. The summed E-state index contributed by atoms with van der Waals surface area (Å²) in [6.45, 7) is 13.6. The normalized spacial score (nSPS) is 11.8. The van der Waals surface area contributed by atoms with Crippen molar-refractivity contribution in [3.8, 4) is 0 Å². The van der Waals surface area contributed by atoms with Crippen LogP contribution in [-0.2, 0) is 49.1 Å². The van der Waals surface area contributed by atoms with E-state index in [1.807, 2.05) is 12.2 Å². The largest absolute Gasteiger partial charge is 4.00 e. The van der Waals surface area contributed by atoms with Crippen LogP contribution in [0.1, 0.15) is 70.2 Å². The predicted molar refractivity (Wildman–Crippen MR) is 182 cm³/mol. The Kier molecular flexibility index (Phi) is 17.0. The van der Waals surface area contributed by atoms with Gasteiger partial charge in [-0.25, -0.2) is 12.2 Å². The monoisotopic (exact) mass is 712 g/mol. The molecule has 4 heteroatoms. The van der Waals surface area contributed by atoms with Crippen molar-refractivity contribution >= 4 is 31.1 Å². The van der Waals surface area contributed by atoms with Crippen LogP contribution in [0.15, 0.2) is 121 Å². The van der Waals surface area contributed by atoms with Crippen LogP contribution in [0, 0.1) is 6.08 Å². The maximum atomic E-state index is 2.99. The van der Waals surface area contributed by atoms with Crippen molar-refractivity contribution < 1.29 is 51.0 Å². The van der Waals surface area contributed by atoms with Crippen molar-refractivity contribution in [1.82, 2.24) is 0 Å². The zero-order valence-corrected chi connectivity index (χ0v) is 31.9. The van der Waals surface area contributed by atoms with E-state index < -0.39 is 0 Å². The van der Waals surface area contributed by atoms with Gasteiger partial charge in [-0.3, -0.25) is 6.08 Å². The molecule has 0 nitrogen and oxygen atoms in total. The Morgan fingerprint density at radius 2 is 1.07 bits per heavy atom. The summed E-state index contributed by atoms with van der Waals surface area (Å²) in [5, 5.41) is 5.48. The van der Waals surface area contributed by atoms with Gasteiger partial charge in [0, 0.05) is 9.52 Å². The quantitative estimate of drug-likeness (QED) is 0.187. The van der Waals surface area contributed by atoms with Gasteiger partial charge in [0.2, 0.25) is 0 Å². The Labute approximate surface area is 300 Å². The first-order valence-electron chi connectivity index (χ1n) is 14.8. The SMILES string of the molecule is CC(C)(C)c1ccc2c(c1)[cH-]c1cc(C(C)(C)C)ccc12.[C-]1=CC=CC1.[Cl-].[Cl-].[Zr+4].c1ccc(C[Si]Cc2ccccc2)cc1. The Bertz CT molecular complexity index is 1470. The van der Waals surface area contributed by atoms with Gasteiger partial charge >= 0.3 is 26.2 Å². The molecule has 0 bridgehead atoms. The van der Waals surface area contributed by atoms with E-state index in [2.05, 4.69) is 157 Å². The molecule has 2 radical (unpaired) electrons. The molecule has 0 atom stereocenters. The smallest absolute Gasteiger partial charge is 1.00 e. The van der Waals surface area contributed by atoms with Crippen LogP contribution in [-0.4, -0.2) is 9.52 Å². The summed E-state index contributed by atoms with van der Waals surface area (Å²) in [5.74, 6) is 0. The van der Waals surface area contributed by atoms with Gasteiger partial charge in [-0.05, 0) is 22.9 Å². The summed E-state index contributed by atoms with van der Waals surface area (Å²) < 4.78 is 0. The van der Waals surface area contributed by atoms with Crippen molar-refractivity contribution in [1.29, 1.82) is 0 Å². The van der Waals surface area contributed by atoms with Crippen molar-refractivity contribution in [2.24, 2.45) is 0 Å². The van der Waals surface area contributed by atoms with Crippen LogP contribution in [0.4, 0.5) is 0 Å². The fourth-order valence-corrected chi connectivity index (χ4v) is 6.01. The molecule has 0 heterocycles. The molecule has 44 heavy (non-hydrogen) atoms. The molecule has 226 valence electrons. The first-order chi connectivity index (χ1) is 19.6. The average molecular weight is 715 g/mol. The number of allylic oxidation sites excluding steroid dienone is 4. The van der Waals surface area contributed by atoms with Crippen molar-refractivity contribution in [2.75, 3.05) is 0 Å². The van der Waals surface area contributed by atoms with E-state index in [4.69, 9.17) is 0 Å². The third-order valence-electron chi connectivity index (χ3n) is 7.37. The Morgan fingerprint density at radius 1 is 0.636 bits per heavy atom. The molecule has 5 aromatic rings. The molecule has 1 aliphatic rings. The molecule has 0 N–H and O–H groups in total. The van der Waals surface area contributed by atoms with Crippen LogP contribution in [0.5, 0.6) is 0 Å². The Morgan fingerprint density at radius 3 is 1.39 bits per heavy atom. The van der Waals surface area contributed by atoms with Gasteiger partial charge in [-0.15, -0.1) is 46.2 Å². The van der Waals surface area contributed by atoms with E-state index in [-0.39, 0.29) is 61.8 Å². The first kappa shape index (κ1) is 39.9. The van der Waals surface area contributed by atoms with E-state index in [0.717, 1.165) is 15.9 Å². The standard InChI is InChI=1S/C21H25.C14H14Si.C5H5.2ClH.Zr/c1-20(2,3)16-7-9-18-14(12-16)11-15-13-17(21(4,5)6)8-10-19(15)18;1-3-7-13(8-4-1)11-15-12-14-9-5-2-6-10-14;1-2-4-5-3-1;;;/h7-13H,1-6H3;1-10H,11-12H2;1-3H,4H2;2*1H;/q-1;;-1;;;+4/p-2. The second kappa shape index (κ2) is 18.8. The maximum absolute atomic E-state index is 2.99. The number of benzene rings is 4. The average Bonchev–Trinajstić information content (AvgIpc) is 3.65. The van der Waals surface area contributed by atoms with Crippen molar-refractivity contribution in [3.05, 3.63) is 150 Å². The minimum absolute atomic E-state index is 0. The number of rotatable bonds is 4. The molecule has 0 aromatic heterocycles. The van der Waals surface area contributed by atoms with Crippen LogP contribution in [0.3, 0.4) is 0 Å². The molecular formula is C40H44Cl2SiZr. The summed E-state index contributed by atoms with van der Waals surface area (Å²) in [7, 11) is 0.987. The maximum Gasteiger partial charge on any atom is 4.00 e. The first-order valence-corrected chi connectivity index (χ1v) is 16.2. The Balaban J connectivity index is 0.000000370. The molecule has 0 spiro atoms. The summed E-state index contributed by atoms with van der Waals surface area (Å²) in [6.07, 6.45) is 10.0. The molecule has 0 unspecified atom stereocenters. The minimum Gasteiger partial charge on any atom is -1.00 e. The zero-order valence-electron chi connectivity index (χ0n) is 26.9. The van der Waals surface area contributed by atoms with Gasteiger partial charge in [-0.2, -0.15) is 6.08 Å². The summed E-state index contributed by atoms with van der Waals surface area (Å²) in [6, 6.07) is 40.0. The number of halogens is 2. The van der Waals surface area contributed by atoms with Crippen molar-refractivity contribution in [2.45, 2.75) is 70.9 Å². The van der Waals surface area contributed by atoms with Gasteiger partial charge in [0.25, 0.3) is 0 Å². The van der Waals surface area contributed by atoms with E-state index in [1.54, 1.807) is 0 Å². The Hall–Kier alpha value is -2.09. The minimum atomic E-state index is 0. The van der Waals surface area contributed by atoms with Gasteiger partial charge in [0.1, 0.15) is 0 Å². The molecular weight excluding hydrogens is 671 g/mol. The van der Waals surface area contributed by atoms with Gasteiger partial charge in [0.15, 0.2) is 0 Å². The molecule has 0 amide bonds. The third-order valence-corrected chi connectivity index (χ3v) is 8.68.